The molecule has 5 heteroatoms. The summed E-state index contributed by atoms with van der Waals surface area (Å²) in [6.45, 7) is 2.83. The fourth-order valence-corrected chi connectivity index (χ4v) is 3.49. The molecule has 138 valence electrons. The van der Waals surface area contributed by atoms with Gasteiger partial charge >= 0.3 is 0 Å². The highest BCUT2D eigenvalue weighted by Gasteiger charge is 2.22. The molecule has 0 aromatic heterocycles. The van der Waals surface area contributed by atoms with Crippen LogP contribution in [0.4, 0.5) is 5.69 Å². The van der Waals surface area contributed by atoms with Crippen molar-refractivity contribution in [1.82, 2.24) is 4.90 Å². The molecule has 1 saturated heterocycles. The number of benzene rings is 3. The highest BCUT2D eigenvalue weighted by Crippen LogP contribution is 2.28. The summed E-state index contributed by atoms with van der Waals surface area (Å²) in [6, 6.07) is 21.4. The topological polar surface area (TPSA) is 53.0 Å². The van der Waals surface area contributed by atoms with Crippen molar-refractivity contribution in [3.8, 4) is 11.5 Å². The molecule has 0 aliphatic carbocycles. The number of anilines is 1. The van der Waals surface area contributed by atoms with Crippen molar-refractivity contribution in [2.24, 2.45) is 0 Å². The van der Waals surface area contributed by atoms with Crippen molar-refractivity contribution in [2.75, 3.05) is 37.7 Å². The number of phenolic OH excluding ortho intramolecular Hbond substituents is 1. The largest absolute Gasteiger partial charge is 0.504 e. The van der Waals surface area contributed by atoms with E-state index in [0.717, 1.165) is 13.1 Å². The third-order valence-corrected chi connectivity index (χ3v) is 4.96. The van der Waals surface area contributed by atoms with E-state index in [9.17, 15) is 9.90 Å². The maximum absolute atomic E-state index is 12.4. The molecule has 1 aliphatic rings. The number of phenols is 1. The van der Waals surface area contributed by atoms with E-state index in [1.54, 1.807) is 24.3 Å². The highest BCUT2D eigenvalue weighted by molar-refractivity contribution is 5.94. The number of fused-ring (bicyclic) bond motifs is 1. The number of hydrogen-bond acceptors (Lipinski definition) is 4. The molecule has 27 heavy (non-hydrogen) atoms. The molecule has 1 heterocycles. The van der Waals surface area contributed by atoms with E-state index in [4.69, 9.17) is 4.74 Å². The van der Waals surface area contributed by atoms with E-state index in [0.29, 0.717) is 18.8 Å². The smallest absolute Gasteiger partial charge is 0.260 e. The van der Waals surface area contributed by atoms with Crippen molar-refractivity contribution in [1.29, 1.82) is 0 Å². The normalized spacial score (nSPS) is 14.4. The second-order valence-corrected chi connectivity index (χ2v) is 6.62. The fourth-order valence-electron chi connectivity index (χ4n) is 3.49. The quantitative estimate of drug-likeness (QED) is 0.774. The summed E-state index contributed by atoms with van der Waals surface area (Å²) in [6.07, 6.45) is 0. The summed E-state index contributed by atoms with van der Waals surface area (Å²) in [5, 5.41) is 12.2. The lowest BCUT2D eigenvalue weighted by atomic mass is 10.1. The van der Waals surface area contributed by atoms with Crippen LogP contribution in [0.1, 0.15) is 0 Å². The molecule has 1 amide bonds. The molecular weight excluding hydrogens is 340 g/mol. The predicted octanol–water partition coefficient (Wildman–Crippen LogP) is 3.27. The first-order chi connectivity index (χ1) is 13.2. The van der Waals surface area contributed by atoms with Gasteiger partial charge in [0.2, 0.25) is 0 Å². The summed E-state index contributed by atoms with van der Waals surface area (Å²) in [4.78, 5) is 16.6. The van der Waals surface area contributed by atoms with Gasteiger partial charge in [0.05, 0.1) is 0 Å². The second kappa shape index (κ2) is 7.58. The second-order valence-electron chi connectivity index (χ2n) is 6.62. The van der Waals surface area contributed by atoms with Crippen molar-refractivity contribution in [3.63, 3.8) is 0 Å². The van der Waals surface area contributed by atoms with Crippen molar-refractivity contribution < 1.29 is 14.6 Å². The highest BCUT2D eigenvalue weighted by atomic mass is 16.5. The van der Waals surface area contributed by atoms with Gasteiger partial charge in [0, 0.05) is 37.3 Å². The fraction of sp³-hybridized carbons (Fsp3) is 0.227. The number of aromatic hydroxyl groups is 1. The number of rotatable bonds is 4. The van der Waals surface area contributed by atoms with Gasteiger partial charge in [-0.05, 0) is 23.6 Å². The van der Waals surface area contributed by atoms with Crippen molar-refractivity contribution in [2.45, 2.75) is 0 Å². The summed E-state index contributed by atoms with van der Waals surface area (Å²) >= 11 is 0. The zero-order valence-electron chi connectivity index (χ0n) is 15.0. The van der Waals surface area contributed by atoms with Crippen LogP contribution in [-0.2, 0) is 4.79 Å². The molecule has 1 aliphatic heterocycles. The first-order valence-electron chi connectivity index (χ1n) is 9.13. The van der Waals surface area contributed by atoms with Crippen LogP contribution in [0.25, 0.3) is 10.8 Å². The minimum atomic E-state index is -0.0636. The van der Waals surface area contributed by atoms with Crippen LogP contribution >= 0.6 is 0 Å². The Kier molecular flexibility index (Phi) is 4.83. The lowest BCUT2D eigenvalue weighted by Gasteiger charge is -2.36. The third-order valence-electron chi connectivity index (χ3n) is 4.96. The molecule has 0 radical (unpaired) electrons. The van der Waals surface area contributed by atoms with Crippen LogP contribution in [0.5, 0.6) is 11.5 Å². The van der Waals surface area contributed by atoms with E-state index >= 15 is 0 Å². The molecule has 0 atom stereocenters. The lowest BCUT2D eigenvalue weighted by Crippen LogP contribution is -2.50. The molecule has 0 unspecified atom stereocenters. The van der Waals surface area contributed by atoms with Gasteiger partial charge in [-0.1, -0.05) is 48.5 Å². The number of ether oxygens (including phenoxy) is 1. The molecule has 3 aromatic rings. The Bertz CT molecular complexity index is 944. The predicted molar refractivity (Wildman–Crippen MR) is 106 cm³/mol. The summed E-state index contributed by atoms with van der Waals surface area (Å²) in [7, 11) is 0. The number of piperazine rings is 1. The van der Waals surface area contributed by atoms with Gasteiger partial charge in [-0.2, -0.15) is 0 Å². The molecule has 0 saturated carbocycles. The summed E-state index contributed by atoms with van der Waals surface area (Å²) in [5.41, 5.74) is 1.21. The standard InChI is InChI=1S/C22H22N2O3/c25-20-10-3-4-11-21(20)27-16-22(26)24-14-12-23(13-15-24)19-9-5-7-17-6-1-2-8-18(17)19/h1-11,25H,12-16H2. The van der Waals surface area contributed by atoms with Crippen LogP contribution in [0.15, 0.2) is 66.7 Å². The van der Waals surface area contributed by atoms with Crippen LogP contribution in [0, 0.1) is 0 Å². The van der Waals surface area contributed by atoms with Gasteiger partial charge in [0.1, 0.15) is 0 Å². The van der Waals surface area contributed by atoms with Crippen LogP contribution in [0.3, 0.4) is 0 Å². The van der Waals surface area contributed by atoms with Crippen LogP contribution in [-0.4, -0.2) is 48.7 Å². The van der Waals surface area contributed by atoms with Crippen molar-refractivity contribution >= 4 is 22.4 Å². The zero-order chi connectivity index (χ0) is 18.6. The number of hydrogen-bond donors (Lipinski definition) is 1. The van der Waals surface area contributed by atoms with Crippen LogP contribution in [0.2, 0.25) is 0 Å². The maximum atomic E-state index is 12.4. The van der Waals surface area contributed by atoms with E-state index < -0.39 is 0 Å². The minimum Gasteiger partial charge on any atom is -0.504 e. The van der Waals surface area contributed by atoms with Gasteiger partial charge < -0.3 is 19.6 Å². The maximum Gasteiger partial charge on any atom is 0.260 e. The van der Waals surface area contributed by atoms with E-state index in [2.05, 4.69) is 41.3 Å². The van der Waals surface area contributed by atoms with E-state index in [1.807, 2.05) is 11.0 Å². The first kappa shape index (κ1) is 17.2. The number of amides is 1. The van der Waals surface area contributed by atoms with Gasteiger partial charge in [-0.15, -0.1) is 0 Å². The van der Waals surface area contributed by atoms with Gasteiger partial charge in [-0.25, -0.2) is 0 Å². The average molecular weight is 362 g/mol. The van der Waals surface area contributed by atoms with Gasteiger partial charge in [0.25, 0.3) is 5.91 Å². The Morgan fingerprint density at radius 2 is 1.59 bits per heavy atom. The monoisotopic (exact) mass is 362 g/mol. The Morgan fingerprint density at radius 1 is 0.889 bits per heavy atom. The van der Waals surface area contributed by atoms with E-state index in [-0.39, 0.29) is 18.3 Å². The number of nitrogens with zero attached hydrogens (tertiary/aromatic N) is 2. The molecular formula is C22H22N2O3. The SMILES string of the molecule is O=C(COc1ccccc1O)N1CCN(c2cccc3ccccc23)CC1. The van der Waals surface area contributed by atoms with E-state index in [1.165, 1.54) is 16.5 Å². The molecule has 1 N–H and O–H groups in total. The van der Waals surface area contributed by atoms with Gasteiger partial charge in [0.15, 0.2) is 18.1 Å². The minimum absolute atomic E-state index is 0.0473. The first-order valence-corrected chi connectivity index (χ1v) is 9.13. The molecule has 5 nitrogen and oxygen atoms in total. The number of carbonyl (C=O) groups excluding carboxylic acids is 1. The summed E-state index contributed by atoms with van der Waals surface area (Å²) in [5.74, 6) is 0.321. The third kappa shape index (κ3) is 3.67. The Labute approximate surface area is 158 Å². The molecule has 4 rings (SSSR count). The molecule has 1 fully saturated rings. The summed E-state index contributed by atoms with van der Waals surface area (Å²) < 4.78 is 5.47. The number of para-hydroxylation sites is 2. The molecule has 0 bridgehead atoms. The average Bonchev–Trinajstić information content (AvgIpc) is 2.73. The molecule has 0 spiro atoms. The Hall–Kier alpha value is -3.21. The Morgan fingerprint density at radius 3 is 2.41 bits per heavy atom. The number of carbonyl (C=O) groups is 1. The Balaban J connectivity index is 1.37. The van der Waals surface area contributed by atoms with Crippen molar-refractivity contribution in [3.05, 3.63) is 66.7 Å². The molecule has 3 aromatic carbocycles. The van der Waals surface area contributed by atoms with Crippen LogP contribution < -0.4 is 9.64 Å². The lowest BCUT2D eigenvalue weighted by molar-refractivity contribution is -0.133. The van der Waals surface area contributed by atoms with Gasteiger partial charge in [-0.3, -0.25) is 4.79 Å². The zero-order valence-corrected chi connectivity index (χ0v) is 15.0.